The molecule has 24 heavy (non-hydrogen) atoms. The second-order valence-electron chi connectivity index (χ2n) is 10.5. The van der Waals surface area contributed by atoms with E-state index >= 15 is 0 Å². The van der Waals surface area contributed by atoms with Gasteiger partial charge in [-0.25, -0.2) is 0 Å². The molecule has 0 atom stereocenters. The van der Waals surface area contributed by atoms with Crippen molar-refractivity contribution in [2.75, 3.05) is 26.2 Å². The zero-order valence-corrected chi connectivity index (χ0v) is 17.2. The summed E-state index contributed by atoms with van der Waals surface area (Å²) in [4.78, 5) is 17.8. The Balaban J connectivity index is 1.90. The van der Waals surface area contributed by atoms with Gasteiger partial charge in [0.25, 0.3) is 0 Å². The fourth-order valence-corrected chi connectivity index (χ4v) is 5.03. The van der Waals surface area contributed by atoms with Gasteiger partial charge in [-0.05, 0) is 69.9 Å². The second kappa shape index (κ2) is 6.97. The fraction of sp³-hybridized carbons (Fsp3) is 0.952. The zero-order chi connectivity index (χ0) is 18.2. The molecule has 1 spiro atoms. The van der Waals surface area contributed by atoms with Crippen LogP contribution in [0.4, 0.5) is 0 Å². The minimum atomic E-state index is -0.246. The highest BCUT2D eigenvalue weighted by atomic mass is 16.2. The van der Waals surface area contributed by atoms with E-state index in [0.29, 0.717) is 17.4 Å². The molecule has 2 rings (SSSR count). The SMILES string of the molecule is CC(C)N1CCC2(CCN(C(=O)C(C)(C)CC(C)(C)C)CC2)CC1. The molecular formula is C21H40N2O. The molecule has 2 fully saturated rings. The van der Waals surface area contributed by atoms with Crippen molar-refractivity contribution in [1.29, 1.82) is 0 Å². The van der Waals surface area contributed by atoms with E-state index in [9.17, 15) is 4.79 Å². The molecule has 0 aromatic rings. The van der Waals surface area contributed by atoms with E-state index in [2.05, 4.69) is 58.3 Å². The van der Waals surface area contributed by atoms with Crippen molar-refractivity contribution in [1.82, 2.24) is 9.80 Å². The Morgan fingerprint density at radius 3 is 1.79 bits per heavy atom. The summed E-state index contributed by atoms with van der Waals surface area (Å²) in [5.74, 6) is 0.367. The van der Waals surface area contributed by atoms with E-state index in [4.69, 9.17) is 0 Å². The zero-order valence-electron chi connectivity index (χ0n) is 17.2. The molecule has 2 saturated heterocycles. The van der Waals surface area contributed by atoms with E-state index in [1.165, 1.54) is 38.8 Å². The lowest BCUT2D eigenvalue weighted by Gasteiger charge is -2.49. The molecule has 2 aliphatic rings. The predicted molar refractivity (Wildman–Crippen MR) is 102 cm³/mol. The van der Waals surface area contributed by atoms with Gasteiger partial charge in [0, 0.05) is 24.5 Å². The van der Waals surface area contributed by atoms with Gasteiger partial charge in [0.05, 0.1) is 0 Å². The molecule has 3 nitrogen and oxygen atoms in total. The van der Waals surface area contributed by atoms with Gasteiger partial charge in [-0.15, -0.1) is 0 Å². The first-order valence-corrected chi connectivity index (χ1v) is 9.98. The molecule has 0 aromatic heterocycles. The molecule has 1 amide bonds. The van der Waals surface area contributed by atoms with Crippen LogP contribution in [0.3, 0.4) is 0 Å². The normalized spacial score (nSPS) is 23.1. The standard InChI is InChI=1S/C21H40N2O/c1-17(2)22-12-8-21(9-13-22)10-14-23(15-11-21)18(24)20(6,7)16-19(3,4)5/h17H,8-16H2,1-7H3. The first kappa shape index (κ1) is 19.8. The van der Waals surface area contributed by atoms with Crippen LogP contribution in [0.25, 0.3) is 0 Å². The number of rotatable bonds is 3. The minimum absolute atomic E-state index is 0.194. The smallest absolute Gasteiger partial charge is 0.228 e. The fourth-order valence-electron chi connectivity index (χ4n) is 5.03. The van der Waals surface area contributed by atoms with E-state index in [1.54, 1.807) is 0 Å². The Kier molecular flexibility index (Phi) is 5.74. The lowest BCUT2D eigenvalue weighted by Crippen LogP contribution is -2.51. The highest BCUT2D eigenvalue weighted by Gasteiger charge is 2.42. The first-order chi connectivity index (χ1) is 10.9. The van der Waals surface area contributed by atoms with E-state index in [-0.39, 0.29) is 10.8 Å². The Morgan fingerprint density at radius 1 is 0.917 bits per heavy atom. The third-order valence-corrected chi connectivity index (χ3v) is 6.25. The maximum Gasteiger partial charge on any atom is 0.228 e. The molecule has 0 aliphatic carbocycles. The molecule has 0 unspecified atom stereocenters. The Labute approximate surface area is 150 Å². The summed E-state index contributed by atoms with van der Waals surface area (Å²) in [6, 6.07) is 0.669. The summed E-state index contributed by atoms with van der Waals surface area (Å²) in [7, 11) is 0. The van der Waals surface area contributed by atoms with Gasteiger partial charge in [-0.1, -0.05) is 34.6 Å². The number of carbonyl (C=O) groups excluding carboxylic acids is 1. The average Bonchev–Trinajstić information content (AvgIpc) is 2.45. The van der Waals surface area contributed by atoms with Crippen molar-refractivity contribution in [3.63, 3.8) is 0 Å². The third kappa shape index (κ3) is 4.74. The number of hydrogen-bond acceptors (Lipinski definition) is 2. The Morgan fingerprint density at radius 2 is 1.38 bits per heavy atom. The van der Waals surface area contributed by atoms with E-state index < -0.39 is 0 Å². The number of hydrogen-bond donors (Lipinski definition) is 0. The van der Waals surface area contributed by atoms with Gasteiger partial charge in [-0.2, -0.15) is 0 Å². The van der Waals surface area contributed by atoms with Crippen molar-refractivity contribution < 1.29 is 4.79 Å². The van der Waals surface area contributed by atoms with Crippen LogP contribution in [-0.4, -0.2) is 47.9 Å². The summed E-state index contributed by atoms with van der Waals surface area (Å²) < 4.78 is 0. The van der Waals surface area contributed by atoms with Crippen molar-refractivity contribution in [3.8, 4) is 0 Å². The van der Waals surface area contributed by atoms with Gasteiger partial charge < -0.3 is 9.80 Å². The van der Waals surface area contributed by atoms with Crippen LogP contribution in [0.15, 0.2) is 0 Å². The van der Waals surface area contributed by atoms with Crippen molar-refractivity contribution in [3.05, 3.63) is 0 Å². The lowest BCUT2D eigenvalue weighted by atomic mass is 9.70. The molecule has 2 heterocycles. The van der Waals surface area contributed by atoms with Crippen LogP contribution in [-0.2, 0) is 4.79 Å². The third-order valence-electron chi connectivity index (χ3n) is 6.25. The average molecular weight is 337 g/mol. The molecule has 2 aliphatic heterocycles. The van der Waals surface area contributed by atoms with Gasteiger partial charge in [0.15, 0.2) is 0 Å². The maximum atomic E-state index is 13.0. The molecule has 0 saturated carbocycles. The van der Waals surface area contributed by atoms with E-state index in [0.717, 1.165) is 19.5 Å². The van der Waals surface area contributed by atoms with E-state index in [1.807, 2.05) is 0 Å². The van der Waals surface area contributed by atoms with Crippen molar-refractivity contribution >= 4 is 5.91 Å². The Hall–Kier alpha value is -0.570. The number of amides is 1. The predicted octanol–water partition coefficient (Wildman–Crippen LogP) is 4.56. The monoisotopic (exact) mass is 336 g/mol. The molecule has 0 bridgehead atoms. The highest BCUT2D eigenvalue weighted by molar-refractivity contribution is 5.82. The van der Waals surface area contributed by atoms with Crippen LogP contribution in [0.1, 0.15) is 80.6 Å². The van der Waals surface area contributed by atoms with Crippen molar-refractivity contribution in [2.45, 2.75) is 86.6 Å². The molecule has 0 radical (unpaired) electrons. The van der Waals surface area contributed by atoms with Gasteiger partial charge in [0.1, 0.15) is 0 Å². The summed E-state index contributed by atoms with van der Waals surface area (Å²) in [6.45, 7) is 20.0. The van der Waals surface area contributed by atoms with Crippen LogP contribution >= 0.6 is 0 Å². The summed E-state index contributed by atoms with van der Waals surface area (Å²) in [6.07, 6.45) is 5.99. The van der Waals surface area contributed by atoms with Crippen molar-refractivity contribution in [2.24, 2.45) is 16.2 Å². The van der Waals surface area contributed by atoms with Gasteiger partial charge in [-0.3, -0.25) is 4.79 Å². The number of likely N-dealkylation sites (tertiary alicyclic amines) is 2. The molecule has 0 aromatic carbocycles. The topological polar surface area (TPSA) is 23.6 Å². The molecule has 0 N–H and O–H groups in total. The maximum absolute atomic E-state index is 13.0. The highest BCUT2D eigenvalue weighted by Crippen LogP contribution is 2.43. The van der Waals surface area contributed by atoms with Gasteiger partial charge in [0.2, 0.25) is 5.91 Å². The largest absolute Gasteiger partial charge is 0.342 e. The number of nitrogens with zero attached hydrogens (tertiary/aromatic N) is 2. The summed E-state index contributed by atoms with van der Waals surface area (Å²) in [5.41, 5.74) is 0.458. The quantitative estimate of drug-likeness (QED) is 0.754. The van der Waals surface area contributed by atoms with Crippen LogP contribution in [0.5, 0.6) is 0 Å². The van der Waals surface area contributed by atoms with Gasteiger partial charge >= 0.3 is 0 Å². The molecule has 140 valence electrons. The Bertz CT molecular complexity index is 429. The van der Waals surface area contributed by atoms with Crippen LogP contribution in [0, 0.1) is 16.2 Å². The molecule has 3 heteroatoms. The number of piperidine rings is 2. The minimum Gasteiger partial charge on any atom is -0.342 e. The lowest BCUT2D eigenvalue weighted by molar-refractivity contribution is -0.145. The molecular weight excluding hydrogens is 296 g/mol. The van der Waals surface area contributed by atoms with Crippen LogP contribution in [0.2, 0.25) is 0 Å². The summed E-state index contributed by atoms with van der Waals surface area (Å²) >= 11 is 0. The second-order valence-corrected chi connectivity index (χ2v) is 10.5. The summed E-state index contributed by atoms with van der Waals surface area (Å²) in [5, 5.41) is 0. The first-order valence-electron chi connectivity index (χ1n) is 9.98. The number of carbonyl (C=O) groups is 1. The van der Waals surface area contributed by atoms with Crippen LogP contribution < -0.4 is 0 Å².